The number of carbonyl (C=O) groups is 1. The minimum Gasteiger partial charge on any atom is -0.497 e. The predicted molar refractivity (Wildman–Crippen MR) is 134 cm³/mol. The van der Waals surface area contributed by atoms with Gasteiger partial charge in [0.15, 0.2) is 5.78 Å². The number of hydrogen-bond donors (Lipinski definition) is 0. The molecule has 0 bridgehead atoms. The molecule has 5 heteroatoms. The first-order valence-corrected chi connectivity index (χ1v) is 11.3. The minimum absolute atomic E-state index is 0.170. The van der Waals surface area contributed by atoms with Crippen LogP contribution in [0, 0.1) is 0 Å². The Balaban J connectivity index is 1.70. The number of ether oxygens (including phenoxy) is 2. The SMILES string of the molecule is COc1ccc(/C=C2\CN(C)CC\C2=C2/CN(C)C/C(=C\c3ccc(OC)cc3)C2=O)cc1. The van der Waals surface area contributed by atoms with Crippen LogP contribution in [0.1, 0.15) is 17.5 Å². The van der Waals surface area contributed by atoms with Crippen LogP contribution in [0.4, 0.5) is 0 Å². The summed E-state index contributed by atoms with van der Waals surface area (Å²) < 4.78 is 10.5. The molecule has 2 heterocycles. The smallest absolute Gasteiger partial charge is 0.187 e. The van der Waals surface area contributed by atoms with E-state index in [0.29, 0.717) is 13.1 Å². The first-order chi connectivity index (χ1) is 16.0. The van der Waals surface area contributed by atoms with Crippen molar-refractivity contribution in [1.82, 2.24) is 9.80 Å². The summed E-state index contributed by atoms with van der Waals surface area (Å²) >= 11 is 0. The number of ketones is 1. The molecule has 0 spiro atoms. The van der Waals surface area contributed by atoms with Crippen molar-refractivity contribution in [2.24, 2.45) is 0 Å². The molecule has 0 aromatic heterocycles. The lowest BCUT2D eigenvalue weighted by Crippen LogP contribution is -2.37. The zero-order valence-corrected chi connectivity index (χ0v) is 19.9. The van der Waals surface area contributed by atoms with E-state index < -0.39 is 0 Å². The Kier molecular flexibility index (Phi) is 7.11. The molecule has 0 aliphatic carbocycles. The van der Waals surface area contributed by atoms with Crippen molar-refractivity contribution in [1.29, 1.82) is 0 Å². The molecule has 0 unspecified atom stereocenters. The molecule has 0 N–H and O–H groups in total. The Hall–Kier alpha value is -3.15. The summed E-state index contributed by atoms with van der Waals surface area (Å²) in [6.07, 6.45) is 5.11. The van der Waals surface area contributed by atoms with E-state index in [1.807, 2.05) is 42.5 Å². The van der Waals surface area contributed by atoms with Gasteiger partial charge in [-0.05, 0) is 73.1 Å². The molecule has 33 heavy (non-hydrogen) atoms. The highest BCUT2D eigenvalue weighted by atomic mass is 16.5. The maximum atomic E-state index is 13.6. The van der Waals surface area contributed by atoms with Crippen molar-refractivity contribution in [3.05, 3.63) is 82.0 Å². The molecule has 0 saturated carbocycles. The fourth-order valence-corrected chi connectivity index (χ4v) is 4.51. The number of hydrogen-bond acceptors (Lipinski definition) is 5. The van der Waals surface area contributed by atoms with E-state index in [2.05, 4.69) is 42.1 Å². The van der Waals surface area contributed by atoms with Gasteiger partial charge in [-0.15, -0.1) is 0 Å². The molecule has 5 nitrogen and oxygen atoms in total. The standard InChI is InChI=1S/C28H32N2O3/c1-29-14-13-26(22(17-29)15-20-5-9-24(32-3)10-6-20)27-19-30(2)18-23(28(27)31)16-21-7-11-25(33-4)12-8-21/h5-12,15-16H,13-14,17-19H2,1-4H3/b22-15+,23-16+,27-26-. The van der Waals surface area contributed by atoms with Crippen molar-refractivity contribution in [3.8, 4) is 11.5 Å². The number of piperidine rings is 2. The molecule has 0 radical (unpaired) electrons. The molecule has 2 saturated heterocycles. The average molecular weight is 445 g/mol. The van der Waals surface area contributed by atoms with Gasteiger partial charge in [0.2, 0.25) is 0 Å². The number of benzene rings is 2. The predicted octanol–water partition coefficient (Wildman–Crippen LogP) is 4.32. The van der Waals surface area contributed by atoms with Crippen molar-refractivity contribution in [2.45, 2.75) is 6.42 Å². The van der Waals surface area contributed by atoms with E-state index in [1.165, 1.54) is 11.1 Å². The Morgan fingerprint density at radius 2 is 1.21 bits per heavy atom. The average Bonchev–Trinajstić information content (AvgIpc) is 2.82. The second kappa shape index (κ2) is 10.2. The van der Waals surface area contributed by atoms with Crippen LogP contribution in [0.3, 0.4) is 0 Å². The minimum atomic E-state index is 0.170. The van der Waals surface area contributed by atoms with Gasteiger partial charge >= 0.3 is 0 Å². The van der Waals surface area contributed by atoms with Crippen molar-refractivity contribution < 1.29 is 14.3 Å². The van der Waals surface area contributed by atoms with Crippen LogP contribution in [0.5, 0.6) is 11.5 Å². The topological polar surface area (TPSA) is 42.0 Å². The van der Waals surface area contributed by atoms with E-state index in [-0.39, 0.29) is 5.78 Å². The number of nitrogens with zero attached hydrogens (tertiary/aromatic N) is 2. The van der Waals surface area contributed by atoms with Crippen LogP contribution in [-0.4, -0.2) is 70.1 Å². The van der Waals surface area contributed by atoms with E-state index in [9.17, 15) is 4.79 Å². The Bertz CT molecular complexity index is 1090. The van der Waals surface area contributed by atoms with Crippen molar-refractivity contribution >= 4 is 17.9 Å². The lowest BCUT2D eigenvalue weighted by molar-refractivity contribution is -0.113. The third kappa shape index (κ3) is 5.44. The largest absolute Gasteiger partial charge is 0.497 e. The van der Waals surface area contributed by atoms with Crippen LogP contribution < -0.4 is 9.47 Å². The Labute approximate surface area is 196 Å². The summed E-state index contributed by atoms with van der Waals surface area (Å²) in [5.74, 6) is 1.82. The van der Waals surface area contributed by atoms with Gasteiger partial charge in [0, 0.05) is 37.3 Å². The highest BCUT2D eigenvalue weighted by molar-refractivity contribution is 6.13. The van der Waals surface area contributed by atoms with Crippen LogP contribution in [0.25, 0.3) is 12.2 Å². The molecule has 2 aromatic carbocycles. The normalized spacial score (nSPS) is 22.7. The van der Waals surface area contributed by atoms with Gasteiger partial charge in [0.05, 0.1) is 14.2 Å². The van der Waals surface area contributed by atoms with Crippen LogP contribution in [-0.2, 0) is 4.79 Å². The summed E-state index contributed by atoms with van der Waals surface area (Å²) in [5.41, 5.74) is 6.30. The van der Waals surface area contributed by atoms with Gasteiger partial charge in [-0.2, -0.15) is 0 Å². The second-order valence-corrected chi connectivity index (χ2v) is 8.83. The molecule has 2 aliphatic heterocycles. The van der Waals surface area contributed by atoms with Gasteiger partial charge in [-0.1, -0.05) is 30.3 Å². The summed E-state index contributed by atoms with van der Waals surface area (Å²) in [6.45, 7) is 3.11. The fourth-order valence-electron chi connectivity index (χ4n) is 4.51. The first-order valence-electron chi connectivity index (χ1n) is 11.3. The van der Waals surface area contributed by atoms with Crippen LogP contribution >= 0.6 is 0 Å². The third-order valence-electron chi connectivity index (χ3n) is 6.28. The zero-order valence-electron chi connectivity index (χ0n) is 19.9. The summed E-state index contributed by atoms with van der Waals surface area (Å²) in [5, 5.41) is 0. The van der Waals surface area contributed by atoms with Crippen molar-refractivity contribution in [3.63, 3.8) is 0 Å². The number of carbonyl (C=O) groups excluding carboxylic acids is 1. The molecule has 0 amide bonds. The highest BCUT2D eigenvalue weighted by Crippen LogP contribution is 2.31. The number of likely N-dealkylation sites (N-methyl/N-ethyl adjacent to an activating group) is 2. The van der Waals surface area contributed by atoms with E-state index in [0.717, 1.165) is 53.3 Å². The summed E-state index contributed by atoms with van der Waals surface area (Å²) in [7, 11) is 7.54. The Morgan fingerprint density at radius 3 is 1.76 bits per heavy atom. The monoisotopic (exact) mass is 444 g/mol. The molecule has 172 valence electrons. The fraction of sp³-hybridized carbons (Fsp3) is 0.321. The molecular formula is C28H32N2O3. The van der Waals surface area contributed by atoms with E-state index in [1.54, 1.807) is 14.2 Å². The summed E-state index contributed by atoms with van der Waals surface area (Å²) in [6, 6.07) is 15.9. The third-order valence-corrected chi connectivity index (χ3v) is 6.28. The molecule has 2 fully saturated rings. The van der Waals surface area contributed by atoms with Crippen molar-refractivity contribution in [2.75, 3.05) is 54.5 Å². The maximum absolute atomic E-state index is 13.6. The lowest BCUT2D eigenvalue weighted by atomic mass is 9.85. The second-order valence-electron chi connectivity index (χ2n) is 8.83. The molecule has 4 rings (SSSR count). The quantitative estimate of drug-likeness (QED) is 0.657. The van der Waals surface area contributed by atoms with Crippen LogP contribution in [0.2, 0.25) is 0 Å². The van der Waals surface area contributed by atoms with Gasteiger partial charge in [-0.25, -0.2) is 0 Å². The highest BCUT2D eigenvalue weighted by Gasteiger charge is 2.29. The van der Waals surface area contributed by atoms with Gasteiger partial charge < -0.3 is 14.4 Å². The van der Waals surface area contributed by atoms with Gasteiger partial charge in [-0.3, -0.25) is 9.69 Å². The van der Waals surface area contributed by atoms with Gasteiger partial charge in [0.1, 0.15) is 11.5 Å². The number of methoxy groups -OCH3 is 2. The van der Waals surface area contributed by atoms with E-state index >= 15 is 0 Å². The Morgan fingerprint density at radius 1 is 0.697 bits per heavy atom. The molecule has 2 aliphatic rings. The number of rotatable bonds is 4. The first kappa shape index (κ1) is 23.0. The summed E-state index contributed by atoms with van der Waals surface area (Å²) in [4.78, 5) is 18.2. The molecule has 0 atom stereocenters. The van der Waals surface area contributed by atoms with Gasteiger partial charge in [0.25, 0.3) is 0 Å². The number of likely N-dealkylation sites (tertiary alicyclic amines) is 2. The molecule has 2 aromatic rings. The molecular weight excluding hydrogens is 412 g/mol. The lowest BCUT2D eigenvalue weighted by Gasteiger charge is -2.33. The number of Topliss-reactive ketones (excluding diaryl/α,β-unsaturated/α-hetero) is 1. The zero-order chi connectivity index (χ0) is 23.4. The van der Waals surface area contributed by atoms with Crippen LogP contribution in [0.15, 0.2) is 70.8 Å². The van der Waals surface area contributed by atoms with E-state index in [4.69, 9.17) is 9.47 Å². The maximum Gasteiger partial charge on any atom is 0.187 e.